The Morgan fingerprint density at radius 2 is 1.48 bits per heavy atom. The molecule has 2 aromatic carbocycles. The Hall–Kier alpha value is -1.35. The van der Waals surface area contributed by atoms with E-state index in [1.54, 1.807) is 0 Å². The zero-order chi connectivity index (χ0) is 17.5. The van der Waals surface area contributed by atoms with Crippen molar-refractivity contribution in [1.29, 1.82) is 0 Å². The quantitative estimate of drug-likeness (QED) is 0.747. The number of rotatable bonds is 7. The van der Waals surface area contributed by atoms with Crippen LogP contribution in [0.25, 0.3) is 0 Å². The lowest BCUT2D eigenvalue weighted by Crippen LogP contribution is -2.32. The van der Waals surface area contributed by atoms with Crippen LogP contribution in [0.15, 0.2) is 54.6 Å². The highest BCUT2D eigenvalue weighted by Gasteiger charge is 2.22. The molecule has 2 aromatic rings. The van der Waals surface area contributed by atoms with E-state index in [1.165, 1.54) is 36.8 Å². The van der Waals surface area contributed by atoms with E-state index in [1.807, 2.05) is 12.1 Å². The molecule has 1 aliphatic carbocycles. The molecule has 25 heavy (non-hydrogen) atoms. The first kappa shape index (κ1) is 18.4. The van der Waals surface area contributed by atoms with Crippen molar-refractivity contribution in [2.24, 2.45) is 17.6 Å². The van der Waals surface area contributed by atoms with E-state index < -0.39 is 0 Å². The van der Waals surface area contributed by atoms with E-state index >= 15 is 0 Å². The number of nitrogens with two attached hydrogens (primary N) is 1. The van der Waals surface area contributed by atoms with E-state index in [2.05, 4.69) is 47.4 Å². The van der Waals surface area contributed by atoms with E-state index in [0.29, 0.717) is 0 Å². The van der Waals surface area contributed by atoms with Gasteiger partial charge in [0.15, 0.2) is 0 Å². The second kappa shape index (κ2) is 9.38. The predicted molar refractivity (Wildman–Crippen MR) is 107 cm³/mol. The molecule has 0 atom stereocenters. The Morgan fingerprint density at radius 1 is 0.840 bits per heavy atom. The topological polar surface area (TPSA) is 29.3 Å². The third-order valence-electron chi connectivity index (χ3n) is 5.42. The van der Waals surface area contributed by atoms with Crippen LogP contribution >= 0.6 is 11.6 Å². The first-order valence-electron chi connectivity index (χ1n) is 9.44. The molecule has 0 aromatic heterocycles. The van der Waals surface area contributed by atoms with Crippen LogP contribution in [0.3, 0.4) is 0 Å². The summed E-state index contributed by atoms with van der Waals surface area (Å²) in [6.07, 6.45) is 5.17. The van der Waals surface area contributed by atoms with Gasteiger partial charge in [0, 0.05) is 24.7 Å². The number of nitrogens with zero attached hydrogens (tertiary/aromatic N) is 1. The van der Waals surface area contributed by atoms with E-state index in [9.17, 15) is 0 Å². The molecular weight excluding hydrogens is 328 g/mol. The number of benzene rings is 2. The van der Waals surface area contributed by atoms with Crippen LogP contribution in [-0.4, -0.2) is 18.0 Å². The summed E-state index contributed by atoms with van der Waals surface area (Å²) >= 11 is 6.41. The zero-order valence-corrected chi connectivity index (χ0v) is 15.7. The molecule has 0 bridgehead atoms. The van der Waals surface area contributed by atoms with Gasteiger partial charge in [-0.1, -0.05) is 60.1 Å². The van der Waals surface area contributed by atoms with Gasteiger partial charge in [0.2, 0.25) is 0 Å². The van der Waals surface area contributed by atoms with Crippen molar-refractivity contribution in [3.8, 4) is 0 Å². The summed E-state index contributed by atoms with van der Waals surface area (Å²) in [6, 6.07) is 19.0. The fourth-order valence-electron chi connectivity index (χ4n) is 3.91. The van der Waals surface area contributed by atoms with Crippen molar-refractivity contribution < 1.29 is 0 Å². The smallest absolute Gasteiger partial charge is 0.0451 e. The van der Waals surface area contributed by atoms with Crippen LogP contribution in [0.5, 0.6) is 0 Å². The summed E-state index contributed by atoms with van der Waals surface area (Å²) in [7, 11) is 0. The Labute approximate surface area is 157 Å². The average Bonchev–Trinajstić information content (AvgIpc) is 2.65. The average molecular weight is 357 g/mol. The second-order valence-corrected chi connectivity index (χ2v) is 7.78. The third-order valence-corrected chi connectivity index (χ3v) is 5.79. The van der Waals surface area contributed by atoms with Gasteiger partial charge in [0.05, 0.1) is 0 Å². The molecule has 3 heteroatoms. The van der Waals surface area contributed by atoms with Crippen LogP contribution in [0.4, 0.5) is 0 Å². The molecule has 1 aliphatic rings. The molecule has 0 amide bonds. The minimum absolute atomic E-state index is 0.738. The van der Waals surface area contributed by atoms with Gasteiger partial charge < -0.3 is 5.73 Å². The molecule has 0 spiro atoms. The maximum atomic E-state index is 6.41. The summed E-state index contributed by atoms with van der Waals surface area (Å²) in [4.78, 5) is 2.56. The standard InChI is InChI=1S/C22H29ClN2/c23-22-9-5-4-8-21(22)17-25(15-19-6-2-1-3-7-19)16-20-12-10-18(14-24)11-13-20/h1-9,18,20H,10-17,24H2. The van der Waals surface area contributed by atoms with Crippen LogP contribution < -0.4 is 5.73 Å². The minimum atomic E-state index is 0.738. The minimum Gasteiger partial charge on any atom is -0.330 e. The highest BCUT2D eigenvalue weighted by molar-refractivity contribution is 6.31. The van der Waals surface area contributed by atoms with Gasteiger partial charge >= 0.3 is 0 Å². The maximum absolute atomic E-state index is 6.41. The number of hydrogen-bond acceptors (Lipinski definition) is 2. The third kappa shape index (κ3) is 5.57. The molecule has 3 rings (SSSR count). The lowest BCUT2D eigenvalue weighted by Gasteiger charge is -2.32. The molecule has 2 N–H and O–H groups in total. The molecule has 0 radical (unpaired) electrons. The molecule has 1 saturated carbocycles. The van der Waals surface area contributed by atoms with Crippen LogP contribution in [0, 0.1) is 11.8 Å². The molecule has 0 unspecified atom stereocenters. The number of hydrogen-bond donors (Lipinski definition) is 1. The van der Waals surface area contributed by atoms with Crippen LogP contribution in [0.1, 0.15) is 36.8 Å². The second-order valence-electron chi connectivity index (χ2n) is 7.37. The molecule has 0 saturated heterocycles. The molecule has 1 fully saturated rings. The SMILES string of the molecule is NCC1CCC(CN(Cc2ccccc2)Cc2ccccc2Cl)CC1. The van der Waals surface area contributed by atoms with Gasteiger partial charge in [-0.25, -0.2) is 0 Å². The zero-order valence-electron chi connectivity index (χ0n) is 14.9. The van der Waals surface area contributed by atoms with Gasteiger partial charge in [-0.15, -0.1) is 0 Å². The number of halogens is 1. The van der Waals surface area contributed by atoms with Crippen molar-refractivity contribution >= 4 is 11.6 Å². The van der Waals surface area contributed by atoms with Crippen molar-refractivity contribution in [3.63, 3.8) is 0 Å². The van der Waals surface area contributed by atoms with Crippen molar-refractivity contribution in [2.45, 2.75) is 38.8 Å². The van der Waals surface area contributed by atoms with Crippen molar-refractivity contribution in [2.75, 3.05) is 13.1 Å². The Balaban J connectivity index is 1.67. The van der Waals surface area contributed by atoms with Crippen LogP contribution in [-0.2, 0) is 13.1 Å². The van der Waals surface area contributed by atoms with E-state index in [0.717, 1.165) is 43.0 Å². The largest absolute Gasteiger partial charge is 0.330 e. The maximum Gasteiger partial charge on any atom is 0.0451 e. The van der Waals surface area contributed by atoms with Gasteiger partial charge in [-0.05, 0) is 61.3 Å². The van der Waals surface area contributed by atoms with Crippen molar-refractivity contribution in [1.82, 2.24) is 4.90 Å². The summed E-state index contributed by atoms with van der Waals surface area (Å²) in [5, 5.41) is 0.868. The van der Waals surface area contributed by atoms with Gasteiger partial charge in [0.25, 0.3) is 0 Å². The lowest BCUT2D eigenvalue weighted by molar-refractivity contribution is 0.170. The first-order valence-corrected chi connectivity index (χ1v) is 9.82. The molecule has 0 aliphatic heterocycles. The van der Waals surface area contributed by atoms with Crippen LogP contribution in [0.2, 0.25) is 5.02 Å². The summed E-state index contributed by atoms with van der Waals surface area (Å²) in [5.41, 5.74) is 8.43. The Morgan fingerprint density at radius 3 is 2.16 bits per heavy atom. The van der Waals surface area contributed by atoms with E-state index in [-0.39, 0.29) is 0 Å². The van der Waals surface area contributed by atoms with E-state index in [4.69, 9.17) is 17.3 Å². The normalized spacial score (nSPS) is 20.8. The summed E-state index contributed by atoms with van der Waals surface area (Å²) in [6.45, 7) is 3.87. The highest BCUT2D eigenvalue weighted by Crippen LogP contribution is 2.30. The molecule has 2 nitrogen and oxygen atoms in total. The predicted octanol–water partition coefficient (Wildman–Crippen LogP) is 5.11. The highest BCUT2D eigenvalue weighted by atomic mass is 35.5. The molecular formula is C22H29ClN2. The summed E-state index contributed by atoms with van der Waals surface area (Å²) < 4.78 is 0. The Bertz CT molecular complexity index is 635. The monoisotopic (exact) mass is 356 g/mol. The molecule has 0 heterocycles. The Kier molecular flexibility index (Phi) is 6.92. The summed E-state index contributed by atoms with van der Waals surface area (Å²) in [5.74, 6) is 1.51. The fourth-order valence-corrected chi connectivity index (χ4v) is 4.10. The van der Waals surface area contributed by atoms with Crippen molar-refractivity contribution in [3.05, 3.63) is 70.7 Å². The fraction of sp³-hybridized carbons (Fsp3) is 0.455. The van der Waals surface area contributed by atoms with Gasteiger partial charge in [0.1, 0.15) is 0 Å². The lowest BCUT2D eigenvalue weighted by atomic mass is 9.82. The van der Waals surface area contributed by atoms with Gasteiger partial charge in [-0.2, -0.15) is 0 Å². The van der Waals surface area contributed by atoms with Gasteiger partial charge in [-0.3, -0.25) is 4.90 Å². The first-order chi connectivity index (χ1) is 12.2. The molecule has 134 valence electrons.